The highest BCUT2D eigenvalue weighted by atomic mass is 16.6. The summed E-state index contributed by atoms with van der Waals surface area (Å²) in [6.07, 6.45) is -0.316. The van der Waals surface area contributed by atoms with Gasteiger partial charge in [-0.05, 0) is 38.5 Å². The van der Waals surface area contributed by atoms with Gasteiger partial charge in [0.1, 0.15) is 5.60 Å². The minimum Gasteiger partial charge on any atom is -0.444 e. The van der Waals surface area contributed by atoms with Crippen molar-refractivity contribution in [2.75, 3.05) is 26.7 Å². The second-order valence-corrected chi connectivity index (χ2v) is 8.00. The van der Waals surface area contributed by atoms with Gasteiger partial charge >= 0.3 is 6.09 Å². The number of rotatable bonds is 6. The zero-order chi connectivity index (χ0) is 22.3. The number of aliphatic imine (C=N–C) groups is 1. The number of hydrogen-bond acceptors (Lipinski definition) is 5. The van der Waals surface area contributed by atoms with Gasteiger partial charge in [0.25, 0.3) is 5.91 Å². The topological polar surface area (TPSA) is 138 Å². The van der Waals surface area contributed by atoms with E-state index in [4.69, 9.17) is 10.5 Å². The zero-order valence-electron chi connectivity index (χ0n) is 17.8. The first kappa shape index (κ1) is 23.0. The van der Waals surface area contributed by atoms with Crippen LogP contribution in [0.2, 0.25) is 0 Å². The van der Waals surface area contributed by atoms with E-state index in [1.54, 1.807) is 24.1 Å². The van der Waals surface area contributed by atoms with Crippen LogP contribution in [0.5, 0.6) is 0 Å². The molecule has 0 saturated carbocycles. The number of primary amides is 1. The zero-order valence-corrected chi connectivity index (χ0v) is 17.8. The fourth-order valence-electron chi connectivity index (χ4n) is 2.66. The van der Waals surface area contributed by atoms with Gasteiger partial charge in [-0.15, -0.1) is 0 Å². The molecule has 0 aromatic heterocycles. The van der Waals surface area contributed by atoms with Crippen LogP contribution in [0, 0.1) is 0 Å². The van der Waals surface area contributed by atoms with Gasteiger partial charge in [0.2, 0.25) is 5.91 Å². The fraction of sp³-hybridized carbons (Fsp3) is 0.500. The summed E-state index contributed by atoms with van der Waals surface area (Å²) in [4.78, 5) is 40.4. The molecule has 164 valence electrons. The minimum absolute atomic E-state index is 0.0973. The number of guanidine groups is 1. The molecule has 1 heterocycles. The maximum atomic E-state index is 12.0. The largest absolute Gasteiger partial charge is 0.444 e. The lowest BCUT2D eigenvalue weighted by atomic mass is 10.1. The van der Waals surface area contributed by atoms with E-state index in [1.165, 1.54) is 0 Å². The molecule has 0 aliphatic carbocycles. The summed E-state index contributed by atoms with van der Waals surface area (Å²) in [5, 5.41) is 8.90. The van der Waals surface area contributed by atoms with Crippen LogP contribution in [-0.4, -0.2) is 67.1 Å². The molecule has 0 spiro atoms. The first-order chi connectivity index (χ1) is 14.1. The molecule has 0 radical (unpaired) electrons. The Bertz CT molecular complexity index is 795. The van der Waals surface area contributed by atoms with Crippen LogP contribution in [0.4, 0.5) is 4.79 Å². The van der Waals surface area contributed by atoms with Crippen LogP contribution in [-0.2, 0) is 16.1 Å². The van der Waals surface area contributed by atoms with Crippen molar-refractivity contribution >= 4 is 23.9 Å². The SMILES string of the molecule is CN=C(NCc1ccc(C(=O)NCC(N)=O)cc1)NC1CN(C(=O)OC(C)(C)C)C1. The lowest BCUT2D eigenvalue weighted by molar-refractivity contribution is -0.117. The van der Waals surface area contributed by atoms with Crippen molar-refractivity contribution in [3.63, 3.8) is 0 Å². The van der Waals surface area contributed by atoms with Crippen molar-refractivity contribution in [3.8, 4) is 0 Å². The Morgan fingerprint density at radius 3 is 2.33 bits per heavy atom. The molecule has 1 aromatic carbocycles. The summed E-state index contributed by atoms with van der Waals surface area (Å²) in [5.41, 5.74) is 5.90. The average molecular weight is 418 g/mol. The van der Waals surface area contributed by atoms with Crippen LogP contribution in [0.25, 0.3) is 0 Å². The number of carbonyl (C=O) groups excluding carboxylic acids is 3. The number of hydrogen-bond donors (Lipinski definition) is 4. The Morgan fingerprint density at radius 1 is 1.17 bits per heavy atom. The highest BCUT2D eigenvalue weighted by molar-refractivity contribution is 5.96. The second kappa shape index (κ2) is 9.95. The quantitative estimate of drug-likeness (QED) is 0.384. The molecule has 2 rings (SSSR count). The van der Waals surface area contributed by atoms with E-state index in [0.717, 1.165) is 5.56 Å². The summed E-state index contributed by atoms with van der Waals surface area (Å²) < 4.78 is 5.34. The van der Waals surface area contributed by atoms with Gasteiger partial charge in [0.05, 0.1) is 12.6 Å². The molecule has 0 unspecified atom stereocenters. The Balaban J connectivity index is 1.75. The van der Waals surface area contributed by atoms with Crippen molar-refractivity contribution in [2.24, 2.45) is 10.7 Å². The standard InChI is InChI=1S/C20H30N6O4/c1-20(2,3)30-19(29)26-11-15(12-26)25-18(22-4)24-9-13-5-7-14(8-6-13)17(28)23-10-16(21)27/h5-8,15H,9-12H2,1-4H3,(H2,21,27)(H,23,28)(H2,22,24,25). The Morgan fingerprint density at radius 2 is 1.80 bits per heavy atom. The average Bonchev–Trinajstić information content (AvgIpc) is 2.63. The third kappa shape index (κ3) is 7.26. The first-order valence-electron chi connectivity index (χ1n) is 9.68. The fourth-order valence-corrected chi connectivity index (χ4v) is 2.66. The van der Waals surface area contributed by atoms with Crippen molar-refractivity contribution in [1.82, 2.24) is 20.9 Å². The van der Waals surface area contributed by atoms with Crippen LogP contribution in [0.3, 0.4) is 0 Å². The molecule has 1 fully saturated rings. The predicted octanol–water partition coefficient (Wildman–Crippen LogP) is 0.186. The summed E-state index contributed by atoms with van der Waals surface area (Å²) in [6.45, 7) is 6.92. The summed E-state index contributed by atoms with van der Waals surface area (Å²) >= 11 is 0. The molecule has 30 heavy (non-hydrogen) atoms. The summed E-state index contributed by atoms with van der Waals surface area (Å²) in [6, 6.07) is 7.07. The monoisotopic (exact) mass is 418 g/mol. The molecule has 1 aliphatic heterocycles. The Hall–Kier alpha value is -3.30. The highest BCUT2D eigenvalue weighted by Crippen LogP contribution is 2.15. The third-order valence-corrected chi connectivity index (χ3v) is 4.20. The number of ether oxygens (including phenoxy) is 1. The molecular formula is C20H30N6O4. The van der Waals surface area contributed by atoms with Gasteiger partial charge in [-0.3, -0.25) is 14.6 Å². The first-order valence-corrected chi connectivity index (χ1v) is 9.68. The van der Waals surface area contributed by atoms with Crippen LogP contribution in [0.1, 0.15) is 36.7 Å². The maximum absolute atomic E-state index is 12.0. The van der Waals surface area contributed by atoms with E-state index >= 15 is 0 Å². The molecule has 1 aromatic rings. The van der Waals surface area contributed by atoms with E-state index < -0.39 is 11.5 Å². The van der Waals surface area contributed by atoms with Crippen LogP contribution < -0.4 is 21.7 Å². The lowest BCUT2D eigenvalue weighted by Gasteiger charge is -2.40. The molecule has 0 atom stereocenters. The molecular weight excluding hydrogens is 388 g/mol. The normalized spacial score (nSPS) is 14.5. The number of amides is 3. The molecule has 1 saturated heterocycles. The van der Waals surface area contributed by atoms with Crippen LogP contribution in [0.15, 0.2) is 29.3 Å². The Labute approximate surface area is 176 Å². The van der Waals surface area contributed by atoms with Gasteiger partial charge in [-0.2, -0.15) is 0 Å². The molecule has 0 bridgehead atoms. The van der Waals surface area contributed by atoms with Gasteiger partial charge in [0.15, 0.2) is 5.96 Å². The number of nitrogens with zero attached hydrogens (tertiary/aromatic N) is 2. The number of nitrogens with one attached hydrogen (secondary N) is 3. The number of carbonyl (C=O) groups is 3. The third-order valence-electron chi connectivity index (χ3n) is 4.20. The van der Waals surface area contributed by atoms with Gasteiger partial charge in [0, 0.05) is 32.2 Å². The minimum atomic E-state index is -0.594. The van der Waals surface area contributed by atoms with Gasteiger partial charge in [-0.1, -0.05) is 12.1 Å². The van der Waals surface area contributed by atoms with E-state index in [-0.39, 0.29) is 24.6 Å². The highest BCUT2D eigenvalue weighted by Gasteiger charge is 2.34. The lowest BCUT2D eigenvalue weighted by Crippen LogP contribution is -2.63. The van der Waals surface area contributed by atoms with E-state index in [9.17, 15) is 14.4 Å². The van der Waals surface area contributed by atoms with Crippen molar-refractivity contribution < 1.29 is 19.1 Å². The van der Waals surface area contributed by atoms with Crippen molar-refractivity contribution in [3.05, 3.63) is 35.4 Å². The molecule has 10 nitrogen and oxygen atoms in total. The molecule has 5 N–H and O–H groups in total. The maximum Gasteiger partial charge on any atom is 0.410 e. The van der Waals surface area contributed by atoms with Crippen LogP contribution >= 0.6 is 0 Å². The molecule has 3 amide bonds. The van der Waals surface area contributed by atoms with E-state index in [2.05, 4.69) is 20.9 Å². The van der Waals surface area contributed by atoms with E-state index in [0.29, 0.717) is 31.2 Å². The van der Waals surface area contributed by atoms with Crippen molar-refractivity contribution in [1.29, 1.82) is 0 Å². The summed E-state index contributed by atoms with van der Waals surface area (Å²) in [5.74, 6) is -0.332. The van der Waals surface area contributed by atoms with Crippen molar-refractivity contribution in [2.45, 2.75) is 39.0 Å². The molecule has 10 heteroatoms. The van der Waals surface area contributed by atoms with Gasteiger partial charge in [-0.25, -0.2) is 4.79 Å². The smallest absolute Gasteiger partial charge is 0.410 e. The van der Waals surface area contributed by atoms with Gasteiger partial charge < -0.3 is 31.3 Å². The molecule has 1 aliphatic rings. The second-order valence-electron chi connectivity index (χ2n) is 8.00. The number of likely N-dealkylation sites (tertiary alicyclic amines) is 1. The summed E-state index contributed by atoms with van der Waals surface area (Å²) in [7, 11) is 1.67. The Kier molecular flexibility index (Phi) is 7.62. The predicted molar refractivity (Wildman–Crippen MR) is 113 cm³/mol. The van der Waals surface area contributed by atoms with E-state index in [1.807, 2.05) is 32.9 Å². The number of benzene rings is 1. The number of nitrogens with two attached hydrogens (primary N) is 1.